The van der Waals surface area contributed by atoms with Gasteiger partial charge < -0.3 is 0 Å². The maximum Gasteiger partial charge on any atom is 0.169 e. The Bertz CT molecular complexity index is 448. The summed E-state index contributed by atoms with van der Waals surface area (Å²) in [5.41, 5.74) is 2.79. The minimum absolute atomic E-state index is 0. The summed E-state index contributed by atoms with van der Waals surface area (Å²) in [6.45, 7) is 5.07. The number of hydrogen-bond acceptors (Lipinski definition) is 1. The van der Waals surface area contributed by atoms with Crippen molar-refractivity contribution in [3.05, 3.63) is 60.2 Å². The first-order valence-electron chi connectivity index (χ1n) is 6.02. The number of rotatable bonds is 4. The van der Waals surface area contributed by atoms with Crippen LogP contribution in [-0.2, 0) is 5.75 Å². The van der Waals surface area contributed by atoms with Crippen LogP contribution in [0.5, 0.6) is 0 Å². The van der Waals surface area contributed by atoms with Gasteiger partial charge in [-0.05, 0) is 17.7 Å². The Morgan fingerprint density at radius 2 is 1.50 bits per heavy atom. The quantitative estimate of drug-likeness (QED) is 0.570. The Kier molecular flexibility index (Phi) is 6.07. The number of hydrogen-bond donors (Lipinski definition) is 0. The SMILES string of the molecule is C.CB(C)c1ccc(SCc2ccccc2)cc1. The van der Waals surface area contributed by atoms with Gasteiger partial charge in [0.15, 0.2) is 6.71 Å². The van der Waals surface area contributed by atoms with Gasteiger partial charge in [0, 0.05) is 10.6 Å². The predicted molar refractivity (Wildman–Crippen MR) is 86.3 cm³/mol. The smallest absolute Gasteiger partial charge is 0.121 e. The molecule has 0 radical (unpaired) electrons. The fourth-order valence-electron chi connectivity index (χ4n) is 1.69. The van der Waals surface area contributed by atoms with E-state index in [0.29, 0.717) is 6.71 Å². The molecule has 0 nitrogen and oxygen atoms in total. The molecular formula is C16H21BS. The summed E-state index contributed by atoms with van der Waals surface area (Å²) in [4.78, 5) is 1.35. The summed E-state index contributed by atoms with van der Waals surface area (Å²) in [6.07, 6.45) is 0. The molecule has 0 amide bonds. The highest BCUT2D eigenvalue weighted by molar-refractivity contribution is 7.98. The van der Waals surface area contributed by atoms with Crippen LogP contribution in [0.15, 0.2) is 59.5 Å². The van der Waals surface area contributed by atoms with Crippen molar-refractivity contribution < 1.29 is 0 Å². The van der Waals surface area contributed by atoms with Gasteiger partial charge in [0.2, 0.25) is 0 Å². The molecule has 0 bridgehead atoms. The molecule has 2 heteroatoms. The van der Waals surface area contributed by atoms with Crippen LogP contribution in [0.3, 0.4) is 0 Å². The van der Waals surface area contributed by atoms with E-state index in [1.54, 1.807) is 0 Å². The standard InChI is InChI=1S/C15H17BS.CH4/c1-16(2)14-8-10-15(11-9-14)17-12-13-6-4-3-5-7-13;/h3-11H,12H2,1-2H3;1H4. The van der Waals surface area contributed by atoms with Crippen molar-refractivity contribution in [2.75, 3.05) is 0 Å². The normalized spacial score (nSPS) is 9.67. The van der Waals surface area contributed by atoms with E-state index in [4.69, 9.17) is 0 Å². The summed E-state index contributed by atoms with van der Waals surface area (Å²) >= 11 is 1.89. The molecule has 0 fully saturated rings. The highest BCUT2D eigenvalue weighted by Gasteiger charge is 2.02. The van der Waals surface area contributed by atoms with E-state index in [1.807, 2.05) is 11.8 Å². The van der Waals surface area contributed by atoms with Crippen LogP contribution >= 0.6 is 11.8 Å². The fourth-order valence-corrected chi connectivity index (χ4v) is 2.54. The molecule has 0 aliphatic rings. The molecule has 0 N–H and O–H groups in total. The third kappa shape index (κ3) is 4.27. The van der Waals surface area contributed by atoms with E-state index in [-0.39, 0.29) is 7.43 Å². The maximum atomic E-state index is 2.23. The van der Waals surface area contributed by atoms with Crippen LogP contribution in [0, 0.1) is 0 Å². The minimum Gasteiger partial charge on any atom is -0.121 e. The van der Waals surface area contributed by atoms with Crippen LogP contribution in [0.4, 0.5) is 0 Å². The fraction of sp³-hybridized carbons (Fsp3) is 0.250. The molecule has 0 aliphatic carbocycles. The first-order valence-corrected chi connectivity index (χ1v) is 7.01. The second-order valence-electron chi connectivity index (χ2n) is 4.50. The summed E-state index contributed by atoms with van der Waals surface area (Å²) in [6, 6.07) is 19.5. The molecule has 0 saturated heterocycles. The van der Waals surface area contributed by atoms with Crippen LogP contribution < -0.4 is 5.46 Å². The van der Waals surface area contributed by atoms with Crippen molar-refractivity contribution in [3.8, 4) is 0 Å². The van der Waals surface area contributed by atoms with Crippen molar-refractivity contribution in [2.24, 2.45) is 0 Å². The Labute approximate surface area is 116 Å². The zero-order valence-corrected chi connectivity index (χ0v) is 11.2. The van der Waals surface area contributed by atoms with Gasteiger partial charge in [-0.25, -0.2) is 0 Å². The molecule has 94 valence electrons. The molecule has 0 heterocycles. The molecule has 0 unspecified atom stereocenters. The van der Waals surface area contributed by atoms with Gasteiger partial charge in [-0.2, -0.15) is 0 Å². The van der Waals surface area contributed by atoms with E-state index >= 15 is 0 Å². The Morgan fingerprint density at radius 3 is 2.06 bits per heavy atom. The molecule has 2 aromatic carbocycles. The molecule has 2 rings (SSSR count). The van der Waals surface area contributed by atoms with Gasteiger partial charge in [-0.15, -0.1) is 11.8 Å². The largest absolute Gasteiger partial charge is 0.169 e. The van der Waals surface area contributed by atoms with Gasteiger partial charge in [-0.1, -0.05) is 69.0 Å². The first kappa shape index (κ1) is 14.9. The van der Waals surface area contributed by atoms with Crippen molar-refractivity contribution in [1.29, 1.82) is 0 Å². The van der Waals surface area contributed by atoms with E-state index in [9.17, 15) is 0 Å². The average molecular weight is 256 g/mol. The van der Waals surface area contributed by atoms with Crippen LogP contribution in [0.1, 0.15) is 13.0 Å². The van der Waals surface area contributed by atoms with Gasteiger partial charge in [0.25, 0.3) is 0 Å². The van der Waals surface area contributed by atoms with Crippen molar-refractivity contribution >= 4 is 23.9 Å². The highest BCUT2D eigenvalue weighted by atomic mass is 32.2. The van der Waals surface area contributed by atoms with Gasteiger partial charge in [0.05, 0.1) is 0 Å². The Hall–Kier alpha value is -1.15. The molecule has 0 saturated carbocycles. The predicted octanol–water partition coefficient (Wildman–Crippen LogP) is 4.58. The monoisotopic (exact) mass is 256 g/mol. The van der Waals surface area contributed by atoms with Crippen LogP contribution in [0.25, 0.3) is 0 Å². The molecule has 0 atom stereocenters. The lowest BCUT2D eigenvalue weighted by Crippen LogP contribution is -2.21. The van der Waals surface area contributed by atoms with Gasteiger partial charge in [-0.3, -0.25) is 0 Å². The average Bonchev–Trinajstić information content (AvgIpc) is 2.38. The van der Waals surface area contributed by atoms with E-state index < -0.39 is 0 Å². The second-order valence-corrected chi connectivity index (χ2v) is 5.55. The zero-order chi connectivity index (χ0) is 12.1. The van der Waals surface area contributed by atoms with Crippen molar-refractivity contribution in [1.82, 2.24) is 0 Å². The molecule has 0 aromatic heterocycles. The zero-order valence-electron chi connectivity index (χ0n) is 10.4. The number of benzene rings is 2. The van der Waals surface area contributed by atoms with Crippen molar-refractivity contribution in [3.63, 3.8) is 0 Å². The summed E-state index contributed by atoms with van der Waals surface area (Å²) < 4.78 is 0. The van der Waals surface area contributed by atoms with Gasteiger partial charge in [0.1, 0.15) is 0 Å². The number of thioether (sulfide) groups is 1. The van der Waals surface area contributed by atoms with E-state index in [0.717, 1.165) is 5.75 Å². The van der Waals surface area contributed by atoms with Crippen molar-refractivity contribution in [2.45, 2.75) is 31.7 Å². The van der Waals surface area contributed by atoms with E-state index in [2.05, 4.69) is 68.2 Å². The summed E-state index contributed by atoms with van der Waals surface area (Å²) in [5, 5.41) is 0. The lowest BCUT2D eigenvalue weighted by Gasteiger charge is -2.05. The third-order valence-corrected chi connectivity index (χ3v) is 3.88. The molecule has 2 aromatic rings. The molecular weight excluding hydrogens is 235 g/mol. The summed E-state index contributed by atoms with van der Waals surface area (Å²) in [5.74, 6) is 1.04. The second kappa shape index (κ2) is 7.32. The lowest BCUT2D eigenvalue weighted by molar-refractivity contribution is 1.39. The van der Waals surface area contributed by atoms with E-state index in [1.165, 1.54) is 15.9 Å². The van der Waals surface area contributed by atoms with Crippen LogP contribution in [0.2, 0.25) is 13.6 Å². The first-order chi connectivity index (χ1) is 8.25. The topological polar surface area (TPSA) is 0 Å². The Balaban J connectivity index is 0.00000162. The lowest BCUT2D eigenvalue weighted by atomic mass is 9.49. The minimum atomic E-state index is 0. The third-order valence-electron chi connectivity index (χ3n) is 2.80. The molecule has 18 heavy (non-hydrogen) atoms. The summed E-state index contributed by atoms with van der Waals surface area (Å²) in [7, 11) is 0. The highest BCUT2D eigenvalue weighted by Crippen LogP contribution is 2.21. The Morgan fingerprint density at radius 1 is 0.889 bits per heavy atom. The molecule has 0 spiro atoms. The molecule has 0 aliphatic heterocycles. The van der Waals surface area contributed by atoms with Gasteiger partial charge >= 0.3 is 0 Å². The van der Waals surface area contributed by atoms with Crippen LogP contribution in [-0.4, -0.2) is 6.71 Å². The maximum absolute atomic E-state index is 2.23.